The van der Waals surface area contributed by atoms with Crippen molar-refractivity contribution in [3.63, 3.8) is 0 Å². The van der Waals surface area contributed by atoms with Crippen LogP contribution < -0.4 is 5.73 Å². The van der Waals surface area contributed by atoms with Gasteiger partial charge in [0, 0.05) is 10.8 Å². The van der Waals surface area contributed by atoms with Crippen LogP contribution in [0.2, 0.25) is 0 Å². The van der Waals surface area contributed by atoms with E-state index in [9.17, 15) is 0 Å². The largest absolute Gasteiger partial charge is 0.454 e. The first-order chi connectivity index (χ1) is 11.4. The van der Waals surface area contributed by atoms with Gasteiger partial charge in [0.25, 0.3) is 0 Å². The second kappa shape index (κ2) is 5.13. The van der Waals surface area contributed by atoms with Gasteiger partial charge in [-0.05, 0) is 34.2 Å². The van der Waals surface area contributed by atoms with Gasteiger partial charge in [-0.25, -0.2) is 0 Å². The molecule has 0 aliphatic rings. The molecule has 2 N–H and O–H groups in total. The number of nitrogen functional groups attached to an aromatic ring is 1. The molecule has 0 aliphatic carbocycles. The smallest absolute Gasteiger partial charge is 0.158 e. The minimum atomic E-state index is 0.150. The first-order valence-electron chi connectivity index (χ1n) is 8.26. The normalized spacial score (nSPS) is 12.1. The molecule has 0 saturated carbocycles. The van der Waals surface area contributed by atoms with E-state index in [0.29, 0.717) is 5.69 Å². The molecule has 3 aromatic carbocycles. The number of nitrogens with two attached hydrogens (primary N) is 1. The number of hydrogen-bond donors (Lipinski definition) is 1. The summed E-state index contributed by atoms with van der Waals surface area (Å²) in [6.07, 6.45) is 0. The van der Waals surface area contributed by atoms with Crippen molar-refractivity contribution >= 4 is 27.6 Å². The van der Waals surface area contributed by atoms with Crippen LogP contribution in [-0.4, -0.2) is 0 Å². The highest BCUT2D eigenvalue weighted by molar-refractivity contribution is 6.15. The molecule has 24 heavy (non-hydrogen) atoms. The summed E-state index contributed by atoms with van der Waals surface area (Å²) in [6.45, 7) is 6.69. The molecular weight excluding hydrogens is 294 g/mol. The minimum Gasteiger partial charge on any atom is -0.454 e. The number of benzene rings is 3. The molecule has 1 heterocycles. The van der Waals surface area contributed by atoms with Crippen molar-refractivity contribution in [3.8, 4) is 11.1 Å². The summed E-state index contributed by atoms with van der Waals surface area (Å²) < 4.78 is 6.00. The third-order valence-electron chi connectivity index (χ3n) is 4.62. The SMILES string of the molecule is CC(C)(C)c1ccc(-c2ccc(N)c3oc4ccccc4c23)cc1. The highest BCUT2D eigenvalue weighted by Gasteiger charge is 2.16. The van der Waals surface area contributed by atoms with Crippen molar-refractivity contribution in [2.75, 3.05) is 5.73 Å². The maximum Gasteiger partial charge on any atom is 0.158 e. The zero-order valence-electron chi connectivity index (χ0n) is 14.3. The fourth-order valence-corrected chi connectivity index (χ4v) is 3.24. The van der Waals surface area contributed by atoms with E-state index in [4.69, 9.17) is 10.2 Å². The van der Waals surface area contributed by atoms with Crippen molar-refractivity contribution in [3.05, 3.63) is 66.2 Å². The summed E-state index contributed by atoms with van der Waals surface area (Å²) >= 11 is 0. The summed E-state index contributed by atoms with van der Waals surface area (Å²) in [5, 5.41) is 2.20. The lowest BCUT2D eigenvalue weighted by Crippen LogP contribution is -2.10. The van der Waals surface area contributed by atoms with Gasteiger partial charge in [-0.15, -0.1) is 0 Å². The van der Waals surface area contributed by atoms with E-state index in [1.165, 1.54) is 11.1 Å². The van der Waals surface area contributed by atoms with Gasteiger partial charge in [-0.1, -0.05) is 69.3 Å². The molecule has 0 spiro atoms. The third-order valence-corrected chi connectivity index (χ3v) is 4.62. The number of para-hydroxylation sites is 1. The average Bonchev–Trinajstić information content (AvgIpc) is 2.95. The van der Waals surface area contributed by atoms with E-state index >= 15 is 0 Å². The van der Waals surface area contributed by atoms with E-state index in [2.05, 4.69) is 57.2 Å². The monoisotopic (exact) mass is 315 g/mol. The summed E-state index contributed by atoms with van der Waals surface area (Å²) in [5.74, 6) is 0. The van der Waals surface area contributed by atoms with Gasteiger partial charge in [0.2, 0.25) is 0 Å². The van der Waals surface area contributed by atoms with Gasteiger partial charge in [0.1, 0.15) is 5.58 Å². The lowest BCUT2D eigenvalue weighted by Gasteiger charge is -2.19. The molecule has 0 amide bonds. The van der Waals surface area contributed by atoms with Crippen LogP contribution in [0.5, 0.6) is 0 Å². The lowest BCUT2D eigenvalue weighted by molar-refractivity contribution is 0.590. The lowest BCUT2D eigenvalue weighted by atomic mass is 9.86. The molecule has 4 rings (SSSR count). The highest BCUT2D eigenvalue weighted by Crippen LogP contribution is 2.39. The number of rotatable bonds is 1. The first kappa shape index (κ1) is 14.8. The molecule has 1 aromatic heterocycles. The van der Waals surface area contributed by atoms with Crippen LogP contribution in [-0.2, 0) is 5.41 Å². The number of anilines is 1. The van der Waals surface area contributed by atoms with E-state index in [-0.39, 0.29) is 5.41 Å². The van der Waals surface area contributed by atoms with Gasteiger partial charge < -0.3 is 10.2 Å². The van der Waals surface area contributed by atoms with Crippen molar-refractivity contribution in [1.82, 2.24) is 0 Å². The van der Waals surface area contributed by atoms with Gasteiger partial charge >= 0.3 is 0 Å². The fourth-order valence-electron chi connectivity index (χ4n) is 3.24. The Morgan fingerprint density at radius 3 is 2.25 bits per heavy atom. The Bertz CT molecular complexity index is 1030. The molecular formula is C22H21NO. The second-order valence-electron chi connectivity index (χ2n) is 7.33. The molecule has 0 radical (unpaired) electrons. The summed E-state index contributed by atoms with van der Waals surface area (Å²) in [7, 11) is 0. The topological polar surface area (TPSA) is 39.2 Å². The molecule has 0 bridgehead atoms. The molecule has 0 aliphatic heterocycles. The van der Waals surface area contributed by atoms with Crippen molar-refractivity contribution in [1.29, 1.82) is 0 Å². The Balaban J connectivity index is 1.98. The molecule has 0 unspecified atom stereocenters. The van der Waals surface area contributed by atoms with E-state index < -0.39 is 0 Å². The Hall–Kier alpha value is -2.74. The van der Waals surface area contributed by atoms with Crippen LogP contribution >= 0.6 is 0 Å². The number of hydrogen-bond acceptors (Lipinski definition) is 2. The van der Waals surface area contributed by atoms with E-state index in [0.717, 1.165) is 27.5 Å². The quantitative estimate of drug-likeness (QED) is 0.429. The predicted octanol–water partition coefficient (Wildman–Crippen LogP) is 6.13. The third kappa shape index (κ3) is 2.26. The second-order valence-corrected chi connectivity index (χ2v) is 7.33. The zero-order valence-corrected chi connectivity index (χ0v) is 14.3. The van der Waals surface area contributed by atoms with Crippen molar-refractivity contribution < 1.29 is 4.42 Å². The molecule has 0 fully saturated rings. The van der Waals surface area contributed by atoms with E-state index in [1.54, 1.807) is 0 Å². The van der Waals surface area contributed by atoms with Crippen LogP contribution in [0.1, 0.15) is 26.3 Å². The molecule has 2 nitrogen and oxygen atoms in total. The maximum atomic E-state index is 6.15. The summed E-state index contributed by atoms with van der Waals surface area (Å²) in [6, 6.07) is 20.9. The Morgan fingerprint density at radius 1 is 0.833 bits per heavy atom. The van der Waals surface area contributed by atoms with Crippen LogP contribution in [0.4, 0.5) is 5.69 Å². The molecule has 0 saturated heterocycles. The number of furan rings is 1. The molecule has 2 heteroatoms. The molecule has 0 atom stereocenters. The number of fused-ring (bicyclic) bond motifs is 3. The van der Waals surface area contributed by atoms with Gasteiger partial charge in [0.05, 0.1) is 5.69 Å². The minimum absolute atomic E-state index is 0.150. The summed E-state index contributed by atoms with van der Waals surface area (Å²) in [4.78, 5) is 0. The Morgan fingerprint density at radius 2 is 1.54 bits per heavy atom. The first-order valence-corrected chi connectivity index (χ1v) is 8.26. The van der Waals surface area contributed by atoms with E-state index in [1.807, 2.05) is 24.3 Å². The van der Waals surface area contributed by atoms with Crippen molar-refractivity contribution in [2.45, 2.75) is 26.2 Å². The van der Waals surface area contributed by atoms with Crippen LogP contribution in [0.3, 0.4) is 0 Å². The summed E-state index contributed by atoms with van der Waals surface area (Å²) in [5.41, 5.74) is 12.3. The Labute approximate surface area is 141 Å². The highest BCUT2D eigenvalue weighted by atomic mass is 16.3. The Kier molecular flexibility index (Phi) is 3.17. The standard InChI is InChI=1S/C22H21NO/c1-22(2,3)15-10-8-14(9-11-15)16-12-13-18(23)21-20(16)17-6-4-5-7-19(17)24-21/h4-13H,23H2,1-3H3. The molecule has 120 valence electrons. The van der Waals surface area contributed by atoms with Crippen LogP contribution in [0.15, 0.2) is 65.1 Å². The van der Waals surface area contributed by atoms with Gasteiger partial charge in [-0.3, -0.25) is 0 Å². The van der Waals surface area contributed by atoms with Crippen molar-refractivity contribution in [2.24, 2.45) is 0 Å². The van der Waals surface area contributed by atoms with Crippen LogP contribution in [0.25, 0.3) is 33.1 Å². The van der Waals surface area contributed by atoms with Gasteiger partial charge in [-0.2, -0.15) is 0 Å². The zero-order chi connectivity index (χ0) is 16.9. The fraction of sp³-hybridized carbons (Fsp3) is 0.182. The average molecular weight is 315 g/mol. The predicted molar refractivity (Wildman–Crippen MR) is 102 cm³/mol. The van der Waals surface area contributed by atoms with Gasteiger partial charge in [0.15, 0.2) is 5.58 Å². The molecule has 4 aromatic rings. The van der Waals surface area contributed by atoms with Crippen LogP contribution in [0, 0.1) is 0 Å². The maximum absolute atomic E-state index is 6.15.